The molecule has 3 aromatic rings. The monoisotopic (exact) mass is 461 g/mol. The van der Waals surface area contributed by atoms with Gasteiger partial charge in [-0.2, -0.15) is 10.5 Å². The molecule has 0 aliphatic heterocycles. The fraction of sp³-hybridized carbons (Fsp3) is 0.0800. The van der Waals surface area contributed by atoms with Crippen LogP contribution in [0.25, 0.3) is 6.08 Å². The molecule has 0 atom stereocenters. The minimum atomic E-state index is -0.539. The number of nitrogens with one attached hydrogen (secondary N) is 1. The molecular formula is C25H17Cl2N3O2. The summed E-state index contributed by atoms with van der Waals surface area (Å²) in [5.41, 5.74) is 3.07. The summed E-state index contributed by atoms with van der Waals surface area (Å²) in [6.45, 7) is 1.97. The van der Waals surface area contributed by atoms with Gasteiger partial charge in [-0.1, -0.05) is 59.6 Å². The molecule has 0 saturated carbocycles. The van der Waals surface area contributed by atoms with Crippen LogP contribution in [0.4, 0.5) is 5.69 Å². The van der Waals surface area contributed by atoms with Gasteiger partial charge in [0.15, 0.2) is 5.75 Å². The summed E-state index contributed by atoms with van der Waals surface area (Å²) in [5.74, 6) is -0.288. The van der Waals surface area contributed by atoms with E-state index >= 15 is 0 Å². The van der Waals surface area contributed by atoms with Crippen molar-refractivity contribution in [1.82, 2.24) is 0 Å². The minimum absolute atomic E-state index is 0.1000. The molecule has 0 unspecified atom stereocenters. The van der Waals surface area contributed by atoms with Gasteiger partial charge in [-0.25, -0.2) is 0 Å². The first-order valence-electron chi connectivity index (χ1n) is 9.51. The molecule has 0 aromatic heterocycles. The Bertz CT molecular complexity index is 1260. The standard InChI is InChI=1S/C25H17Cl2N3O2/c1-16-6-2-5-9-23(16)30-25(31)20(14-29)10-17-11-21(26)24(22(27)12-17)32-15-19-8-4-3-7-18(19)13-28/h2-12H,15H2,1H3,(H,30,31)/b20-10-. The average molecular weight is 462 g/mol. The number of nitrogens with zero attached hydrogens (tertiary/aromatic N) is 2. The van der Waals surface area contributed by atoms with E-state index in [9.17, 15) is 15.3 Å². The minimum Gasteiger partial charge on any atom is -0.486 e. The topological polar surface area (TPSA) is 85.9 Å². The number of anilines is 1. The number of ether oxygens (including phenoxy) is 1. The zero-order valence-corrected chi connectivity index (χ0v) is 18.5. The zero-order valence-electron chi connectivity index (χ0n) is 17.0. The van der Waals surface area contributed by atoms with E-state index in [0.29, 0.717) is 22.4 Å². The number of para-hydroxylation sites is 1. The first-order valence-corrected chi connectivity index (χ1v) is 10.3. The number of carbonyl (C=O) groups excluding carboxylic acids is 1. The van der Waals surface area contributed by atoms with Crippen LogP contribution in [0, 0.1) is 29.6 Å². The largest absolute Gasteiger partial charge is 0.486 e. The van der Waals surface area contributed by atoms with Crippen LogP contribution in [-0.2, 0) is 11.4 Å². The fourth-order valence-corrected chi connectivity index (χ4v) is 3.54. The second-order valence-corrected chi connectivity index (χ2v) is 7.62. The number of aryl methyl sites for hydroxylation is 1. The molecule has 5 nitrogen and oxygen atoms in total. The number of benzene rings is 3. The van der Waals surface area contributed by atoms with Gasteiger partial charge in [0.2, 0.25) is 0 Å². The van der Waals surface area contributed by atoms with Crippen molar-refractivity contribution in [1.29, 1.82) is 10.5 Å². The summed E-state index contributed by atoms with van der Waals surface area (Å²) in [6.07, 6.45) is 1.40. The fourth-order valence-electron chi connectivity index (χ4n) is 2.92. The average Bonchev–Trinajstić information content (AvgIpc) is 2.78. The predicted molar refractivity (Wildman–Crippen MR) is 125 cm³/mol. The molecule has 0 heterocycles. The van der Waals surface area contributed by atoms with E-state index in [-0.39, 0.29) is 28.0 Å². The summed E-state index contributed by atoms with van der Waals surface area (Å²) in [5, 5.41) is 21.8. The second kappa shape index (κ2) is 10.5. The molecule has 3 rings (SSSR count). The lowest BCUT2D eigenvalue weighted by Gasteiger charge is -2.12. The molecule has 0 aliphatic carbocycles. The quantitative estimate of drug-likeness (QED) is 0.344. The molecule has 0 bridgehead atoms. The number of nitriles is 2. The van der Waals surface area contributed by atoms with Crippen molar-refractivity contribution < 1.29 is 9.53 Å². The van der Waals surface area contributed by atoms with Crippen LogP contribution in [-0.4, -0.2) is 5.91 Å². The van der Waals surface area contributed by atoms with Crippen molar-refractivity contribution in [2.24, 2.45) is 0 Å². The molecule has 0 spiro atoms. The van der Waals surface area contributed by atoms with E-state index in [1.165, 1.54) is 6.08 Å². The van der Waals surface area contributed by atoms with Crippen LogP contribution in [0.3, 0.4) is 0 Å². The molecule has 158 valence electrons. The highest BCUT2D eigenvalue weighted by atomic mass is 35.5. The van der Waals surface area contributed by atoms with Crippen LogP contribution < -0.4 is 10.1 Å². The number of hydrogen-bond acceptors (Lipinski definition) is 4. The van der Waals surface area contributed by atoms with Crippen LogP contribution in [0.5, 0.6) is 5.75 Å². The molecule has 3 aromatic carbocycles. The summed E-state index contributed by atoms with van der Waals surface area (Å²) in [7, 11) is 0. The molecular weight excluding hydrogens is 445 g/mol. The summed E-state index contributed by atoms with van der Waals surface area (Å²) in [6, 6.07) is 21.4. The molecule has 1 amide bonds. The van der Waals surface area contributed by atoms with E-state index < -0.39 is 5.91 Å². The van der Waals surface area contributed by atoms with Gasteiger partial charge in [0.05, 0.1) is 21.7 Å². The van der Waals surface area contributed by atoms with Crippen LogP contribution in [0.2, 0.25) is 10.0 Å². The highest BCUT2D eigenvalue weighted by Gasteiger charge is 2.14. The normalized spacial score (nSPS) is 10.7. The van der Waals surface area contributed by atoms with Gasteiger partial charge in [0, 0.05) is 11.3 Å². The maximum absolute atomic E-state index is 12.5. The Morgan fingerprint density at radius 2 is 1.72 bits per heavy atom. The van der Waals surface area contributed by atoms with Crippen molar-refractivity contribution >= 4 is 40.9 Å². The van der Waals surface area contributed by atoms with Gasteiger partial charge >= 0.3 is 0 Å². The van der Waals surface area contributed by atoms with Gasteiger partial charge < -0.3 is 10.1 Å². The van der Waals surface area contributed by atoms with E-state index in [0.717, 1.165) is 5.56 Å². The summed E-state index contributed by atoms with van der Waals surface area (Å²) < 4.78 is 5.74. The molecule has 0 fully saturated rings. The number of carbonyl (C=O) groups is 1. The Balaban J connectivity index is 1.80. The Morgan fingerprint density at radius 3 is 2.38 bits per heavy atom. The molecule has 0 saturated heterocycles. The van der Waals surface area contributed by atoms with E-state index in [1.54, 1.807) is 42.5 Å². The van der Waals surface area contributed by atoms with Gasteiger partial charge in [0.1, 0.15) is 18.2 Å². The Hall–Kier alpha value is -3.77. The van der Waals surface area contributed by atoms with E-state index in [4.69, 9.17) is 27.9 Å². The van der Waals surface area contributed by atoms with Crippen LogP contribution in [0.1, 0.15) is 22.3 Å². The Kier molecular flexibility index (Phi) is 7.52. The van der Waals surface area contributed by atoms with Crippen LogP contribution in [0.15, 0.2) is 66.2 Å². The first-order chi connectivity index (χ1) is 15.4. The Morgan fingerprint density at radius 1 is 1.06 bits per heavy atom. The summed E-state index contributed by atoms with van der Waals surface area (Å²) in [4.78, 5) is 12.5. The first kappa shape index (κ1) is 22.9. The number of hydrogen-bond donors (Lipinski definition) is 1. The Labute approximate surface area is 196 Å². The van der Waals surface area contributed by atoms with Gasteiger partial charge in [-0.15, -0.1) is 0 Å². The smallest absolute Gasteiger partial charge is 0.266 e. The number of rotatable bonds is 6. The summed E-state index contributed by atoms with van der Waals surface area (Å²) >= 11 is 12.7. The number of halogens is 2. The second-order valence-electron chi connectivity index (χ2n) is 6.81. The molecule has 32 heavy (non-hydrogen) atoms. The van der Waals surface area contributed by atoms with Crippen molar-refractivity contribution in [2.45, 2.75) is 13.5 Å². The lowest BCUT2D eigenvalue weighted by Crippen LogP contribution is -2.14. The maximum Gasteiger partial charge on any atom is 0.266 e. The van der Waals surface area contributed by atoms with Crippen molar-refractivity contribution in [3.63, 3.8) is 0 Å². The molecule has 0 aliphatic rings. The maximum atomic E-state index is 12.5. The van der Waals surface area contributed by atoms with E-state index in [1.807, 2.05) is 31.2 Å². The van der Waals surface area contributed by atoms with Gasteiger partial charge in [-0.05, 0) is 48.4 Å². The van der Waals surface area contributed by atoms with Crippen LogP contribution >= 0.6 is 23.2 Å². The highest BCUT2D eigenvalue weighted by molar-refractivity contribution is 6.37. The zero-order chi connectivity index (χ0) is 23.1. The lowest BCUT2D eigenvalue weighted by molar-refractivity contribution is -0.112. The molecule has 1 N–H and O–H groups in total. The SMILES string of the molecule is Cc1ccccc1NC(=O)/C(C#N)=C\c1cc(Cl)c(OCc2ccccc2C#N)c(Cl)c1. The van der Waals surface area contributed by atoms with Gasteiger partial charge in [-0.3, -0.25) is 4.79 Å². The van der Waals surface area contributed by atoms with Gasteiger partial charge in [0.25, 0.3) is 5.91 Å². The van der Waals surface area contributed by atoms with E-state index in [2.05, 4.69) is 11.4 Å². The number of amides is 1. The molecule has 0 radical (unpaired) electrons. The van der Waals surface area contributed by atoms with Crippen molar-refractivity contribution in [3.8, 4) is 17.9 Å². The third-order valence-corrected chi connectivity index (χ3v) is 5.16. The predicted octanol–water partition coefficient (Wildman–Crippen LogP) is 6.30. The van der Waals surface area contributed by atoms with Crippen molar-refractivity contribution in [3.05, 3.63) is 98.5 Å². The van der Waals surface area contributed by atoms with Crippen molar-refractivity contribution in [2.75, 3.05) is 5.32 Å². The highest BCUT2D eigenvalue weighted by Crippen LogP contribution is 2.35. The molecule has 7 heteroatoms. The lowest BCUT2D eigenvalue weighted by atomic mass is 10.1. The third-order valence-electron chi connectivity index (χ3n) is 4.60. The third kappa shape index (κ3) is 5.47.